The number of amides is 2. The summed E-state index contributed by atoms with van der Waals surface area (Å²) in [7, 11) is 0. The number of benzene rings is 2. The van der Waals surface area contributed by atoms with E-state index in [0.29, 0.717) is 56.4 Å². The third kappa shape index (κ3) is 4.40. The number of rotatable bonds is 4. The summed E-state index contributed by atoms with van der Waals surface area (Å²) in [5.74, 6) is 0.599. The van der Waals surface area contributed by atoms with Crippen molar-refractivity contribution >= 4 is 17.4 Å². The zero-order chi connectivity index (χ0) is 20.4. The van der Waals surface area contributed by atoms with Crippen LogP contribution in [0.2, 0.25) is 0 Å². The quantitative estimate of drug-likeness (QED) is 0.842. The molecule has 154 valence electrons. The van der Waals surface area contributed by atoms with Gasteiger partial charge in [0.05, 0.1) is 17.8 Å². The SMILES string of the molecule is O=C1Nc2ccccc2ON1CCN1CCN(c2cccc(C(F)(F)F)c2)CC1. The van der Waals surface area contributed by atoms with E-state index in [1.54, 1.807) is 18.2 Å². The molecule has 4 rings (SSSR count). The molecule has 2 aromatic carbocycles. The lowest BCUT2D eigenvalue weighted by molar-refractivity contribution is -0.137. The Morgan fingerprint density at radius 1 is 0.966 bits per heavy atom. The van der Waals surface area contributed by atoms with Crippen molar-refractivity contribution in [2.45, 2.75) is 6.18 Å². The Bertz CT molecular complexity index is 882. The van der Waals surface area contributed by atoms with Gasteiger partial charge in [-0.3, -0.25) is 4.90 Å². The van der Waals surface area contributed by atoms with E-state index in [4.69, 9.17) is 4.84 Å². The highest BCUT2D eigenvalue weighted by Crippen LogP contribution is 2.32. The van der Waals surface area contributed by atoms with E-state index in [1.807, 2.05) is 17.0 Å². The van der Waals surface area contributed by atoms with Crippen molar-refractivity contribution in [3.8, 4) is 5.75 Å². The Kier molecular flexibility index (Phi) is 5.23. The molecule has 9 heteroatoms. The molecular weight excluding hydrogens is 385 g/mol. The second kappa shape index (κ2) is 7.82. The number of alkyl halides is 3. The molecule has 29 heavy (non-hydrogen) atoms. The van der Waals surface area contributed by atoms with E-state index >= 15 is 0 Å². The van der Waals surface area contributed by atoms with Gasteiger partial charge in [-0.15, -0.1) is 0 Å². The number of hydrogen-bond acceptors (Lipinski definition) is 4. The number of hydrogen-bond donors (Lipinski definition) is 1. The minimum Gasteiger partial charge on any atom is -0.373 e. The molecule has 2 aliphatic heterocycles. The Morgan fingerprint density at radius 3 is 2.48 bits per heavy atom. The summed E-state index contributed by atoms with van der Waals surface area (Å²) < 4.78 is 38.8. The molecule has 0 spiro atoms. The monoisotopic (exact) mass is 406 g/mol. The van der Waals surface area contributed by atoms with Crippen LogP contribution in [0.5, 0.6) is 5.75 Å². The van der Waals surface area contributed by atoms with Crippen LogP contribution in [0.4, 0.5) is 29.3 Å². The standard InChI is InChI=1S/C20H21F3N4O2/c21-20(22,23)15-4-3-5-16(14-15)26-11-8-25(9-12-26)10-13-27-19(28)24-17-6-1-2-7-18(17)29-27/h1-7,14H,8-13H2,(H,24,28). The zero-order valence-corrected chi connectivity index (χ0v) is 15.7. The van der Waals surface area contributed by atoms with Crippen molar-refractivity contribution in [3.05, 3.63) is 54.1 Å². The van der Waals surface area contributed by atoms with Gasteiger partial charge in [0.15, 0.2) is 5.75 Å². The normalized spacial score (nSPS) is 17.6. The maximum absolute atomic E-state index is 12.9. The molecule has 2 amide bonds. The average molecular weight is 406 g/mol. The first-order chi connectivity index (χ1) is 13.9. The number of halogens is 3. The summed E-state index contributed by atoms with van der Waals surface area (Å²) in [6.45, 7) is 3.65. The van der Waals surface area contributed by atoms with Crippen molar-refractivity contribution in [1.82, 2.24) is 9.96 Å². The largest absolute Gasteiger partial charge is 0.416 e. The van der Waals surface area contributed by atoms with Crippen LogP contribution in [0.15, 0.2) is 48.5 Å². The van der Waals surface area contributed by atoms with Crippen molar-refractivity contribution in [3.63, 3.8) is 0 Å². The van der Waals surface area contributed by atoms with Crippen molar-refractivity contribution in [2.75, 3.05) is 49.5 Å². The molecule has 2 aliphatic rings. The fraction of sp³-hybridized carbons (Fsp3) is 0.350. The van der Waals surface area contributed by atoms with Crippen LogP contribution in [0.1, 0.15) is 5.56 Å². The fourth-order valence-electron chi connectivity index (χ4n) is 3.48. The summed E-state index contributed by atoms with van der Waals surface area (Å²) in [5, 5.41) is 4.08. The molecule has 0 unspecified atom stereocenters. The van der Waals surface area contributed by atoms with Gasteiger partial charge in [-0.2, -0.15) is 18.2 Å². The number of urea groups is 1. The lowest BCUT2D eigenvalue weighted by Gasteiger charge is -2.37. The van der Waals surface area contributed by atoms with Gasteiger partial charge in [0.1, 0.15) is 0 Å². The summed E-state index contributed by atoms with van der Waals surface area (Å²) >= 11 is 0. The smallest absolute Gasteiger partial charge is 0.373 e. The predicted octanol–water partition coefficient (Wildman–Crippen LogP) is 3.67. The molecular formula is C20H21F3N4O2. The van der Waals surface area contributed by atoms with Gasteiger partial charge >= 0.3 is 12.2 Å². The van der Waals surface area contributed by atoms with E-state index in [9.17, 15) is 18.0 Å². The second-order valence-electron chi connectivity index (χ2n) is 7.00. The van der Waals surface area contributed by atoms with Gasteiger partial charge < -0.3 is 15.1 Å². The Balaban J connectivity index is 1.29. The molecule has 0 saturated carbocycles. The van der Waals surface area contributed by atoms with Gasteiger partial charge in [0, 0.05) is 38.4 Å². The maximum Gasteiger partial charge on any atom is 0.416 e. The number of anilines is 2. The molecule has 2 aromatic rings. The highest BCUT2D eigenvalue weighted by Gasteiger charge is 2.31. The van der Waals surface area contributed by atoms with Crippen LogP contribution in [-0.2, 0) is 6.18 Å². The summed E-state index contributed by atoms with van der Waals surface area (Å²) in [6, 6.07) is 12.3. The Hall–Kier alpha value is -2.94. The van der Waals surface area contributed by atoms with Crippen LogP contribution in [0, 0.1) is 0 Å². The van der Waals surface area contributed by atoms with Crippen molar-refractivity contribution in [1.29, 1.82) is 0 Å². The van der Waals surface area contributed by atoms with E-state index in [2.05, 4.69) is 10.2 Å². The predicted molar refractivity (Wildman–Crippen MR) is 103 cm³/mol. The molecule has 1 saturated heterocycles. The Morgan fingerprint density at radius 2 is 1.72 bits per heavy atom. The third-order valence-electron chi connectivity index (χ3n) is 5.09. The zero-order valence-electron chi connectivity index (χ0n) is 15.7. The van der Waals surface area contributed by atoms with Crippen LogP contribution in [0.25, 0.3) is 0 Å². The molecule has 0 radical (unpaired) electrons. The fourth-order valence-corrected chi connectivity index (χ4v) is 3.48. The lowest BCUT2D eigenvalue weighted by Crippen LogP contribution is -2.50. The first kappa shape index (κ1) is 19.4. The van der Waals surface area contributed by atoms with Gasteiger partial charge in [0.2, 0.25) is 0 Å². The van der Waals surface area contributed by atoms with Crippen LogP contribution < -0.4 is 15.1 Å². The molecule has 0 aromatic heterocycles. The lowest BCUT2D eigenvalue weighted by atomic mass is 10.1. The van der Waals surface area contributed by atoms with Gasteiger partial charge in [-0.1, -0.05) is 18.2 Å². The van der Waals surface area contributed by atoms with E-state index in [1.165, 1.54) is 17.2 Å². The number of carbonyl (C=O) groups excluding carboxylic acids is 1. The van der Waals surface area contributed by atoms with Crippen LogP contribution in [-0.4, -0.2) is 55.3 Å². The van der Waals surface area contributed by atoms with Gasteiger partial charge in [-0.25, -0.2) is 4.79 Å². The number of fused-ring (bicyclic) bond motifs is 1. The topological polar surface area (TPSA) is 48.1 Å². The third-order valence-corrected chi connectivity index (χ3v) is 5.09. The number of carbonyl (C=O) groups is 1. The van der Waals surface area contributed by atoms with E-state index < -0.39 is 11.7 Å². The molecule has 1 N–H and O–H groups in total. The summed E-state index contributed by atoms with van der Waals surface area (Å²) in [4.78, 5) is 21.9. The number of hydroxylamine groups is 2. The first-order valence-electron chi connectivity index (χ1n) is 9.40. The molecule has 2 heterocycles. The highest BCUT2D eigenvalue weighted by molar-refractivity contribution is 5.92. The summed E-state index contributed by atoms with van der Waals surface area (Å²) in [5.41, 5.74) is 0.587. The van der Waals surface area contributed by atoms with Crippen molar-refractivity contribution < 1.29 is 22.8 Å². The molecule has 0 bridgehead atoms. The number of para-hydroxylation sites is 2. The molecule has 0 aliphatic carbocycles. The number of nitrogens with one attached hydrogen (secondary N) is 1. The number of piperazine rings is 1. The molecule has 1 fully saturated rings. The van der Waals surface area contributed by atoms with Gasteiger partial charge in [0.25, 0.3) is 0 Å². The maximum atomic E-state index is 12.9. The average Bonchev–Trinajstić information content (AvgIpc) is 2.72. The van der Waals surface area contributed by atoms with Crippen molar-refractivity contribution in [2.24, 2.45) is 0 Å². The van der Waals surface area contributed by atoms with Gasteiger partial charge in [-0.05, 0) is 30.3 Å². The summed E-state index contributed by atoms with van der Waals surface area (Å²) in [6.07, 6.45) is -4.34. The molecule has 0 atom stereocenters. The van der Waals surface area contributed by atoms with Crippen LogP contribution >= 0.6 is 0 Å². The van der Waals surface area contributed by atoms with E-state index in [-0.39, 0.29) is 6.03 Å². The second-order valence-corrected chi connectivity index (χ2v) is 7.00. The minimum atomic E-state index is -4.34. The first-order valence-corrected chi connectivity index (χ1v) is 9.40. The van der Waals surface area contributed by atoms with Crippen LogP contribution in [0.3, 0.4) is 0 Å². The number of nitrogens with zero attached hydrogens (tertiary/aromatic N) is 3. The minimum absolute atomic E-state index is 0.314. The van der Waals surface area contributed by atoms with E-state index in [0.717, 1.165) is 6.07 Å². The highest BCUT2D eigenvalue weighted by atomic mass is 19.4. The Labute approximate surface area is 166 Å². The molecule has 6 nitrogen and oxygen atoms in total.